The molecule has 1 unspecified atom stereocenters. The summed E-state index contributed by atoms with van der Waals surface area (Å²) in [5.74, 6) is 1.14. The minimum atomic E-state index is -0.746. The fraction of sp³-hybridized carbons (Fsp3) is 0.955. The second kappa shape index (κ2) is 20.4. The van der Waals surface area contributed by atoms with Gasteiger partial charge in [0.15, 0.2) is 0 Å². The molecule has 6 nitrogen and oxygen atoms in total. The van der Waals surface area contributed by atoms with Gasteiger partial charge in [0.2, 0.25) is 5.91 Å². The maximum atomic E-state index is 13.0. The van der Waals surface area contributed by atoms with Gasteiger partial charge in [0.25, 0.3) is 0 Å². The second-order valence-corrected chi connectivity index (χ2v) is 18.5. The number of rotatable bonds is 23. The van der Waals surface area contributed by atoms with Crippen molar-refractivity contribution in [2.75, 3.05) is 0 Å². The van der Waals surface area contributed by atoms with Crippen molar-refractivity contribution in [1.82, 2.24) is 5.32 Å². The number of aliphatic hydroxyl groups is 2. The van der Waals surface area contributed by atoms with Crippen molar-refractivity contribution in [1.29, 1.82) is 0 Å². The summed E-state index contributed by atoms with van der Waals surface area (Å²) in [4.78, 5) is 24.2. The van der Waals surface area contributed by atoms with E-state index in [0.717, 1.165) is 57.8 Å². The van der Waals surface area contributed by atoms with Crippen LogP contribution in [0.3, 0.4) is 0 Å². The number of carboxylic acids is 1. The molecule has 6 heteroatoms. The molecule has 0 radical (unpaired) electrons. The van der Waals surface area contributed by atoms with Crippen LogP contribution in [0.2, 0.25) is 0 Å². The monoisotopic (exact) mass is 702 g/mol. The summed E-state index contributed by atoms with van der Waals surface area (Å²) >= 11 is 0. The van der Waals surface area contributed by atoms with Gasteiger partial charge < -0.3 is 20.6 Å². The first-order valence-corrected chi connectivity index (χ1v) is 21.9. The van der Waals surface area contributed by atoms with Gasteiger partial charge in [-0.05, 0) is 104 Å². The van der Waals surface area contributed by atoms with Crippen molar-refractivity contribution >= 4 is 11.9 Å². The smallest absolute Gasteiger partial charge is 0.303 e. The van der Waals surface area contributed by atoms with E-state index in [-0.39, 0.29) is 53.1 Å². The molecule has 4 aliphatic rings. The van der Waals surface area contributed by atoms with E-state index in [2.05, 4.69) is 33.0 Å². The fourth-order valence-corrected chi connectivity index (χ4v) is 12.1. The summed E-state index contributed by atoms with van der Waals surface area (Å²) in [5, 5.41) is 36.2. The van der Waals surface area contributed by atoms with Gasteiger partial charge in [0.05, 0.1) is 12.2 Å². The third-order valence-electron chi connectivity index (χ3n) is 15.2. The van der Waals surface area contributed by atoms with Crippen LogP contribution >= 0.6 is 0 Å². The van der Waals surface area contributed by atoms with Crippen LogP contribution in [0.5, 0.6) is 0 Å². The zero-order chi connectivity index (χ0) is 36.1. The first-order valence-electron chi connectivity index (χ1n) is 21.9. The van der Waals surface area contributed by atoms with Crippen LogP contribution in [0.4, 0.5) is 0 Å². The van der Waals surface area contributed by atoms with Gasteiger partial charge in [-0.15, -0.1) is 0 Å². The lowest BCUT2D eigenvalue weighted by Crippen LogP contribution is -2.63. The van der Waals surface area contributed by atoms with E-state index in [4.69, 9.17) is 0 Å². The summed E-state index contributed by atoms with van der Waals surface area (Å²) in [7, 11) is 0. The highest BCUT2D eigenvalue weighted by Crippen LogP contribution is 2.68. The lowest BCUT2D eigenvalue weighted by atomic mass is 9.43. The molecule has 0 spiro atoms. The molecule has 290 valence electrons. The Bertz CT molecular complexity index is 1020. The zero-order valence-electron chi connectivity index (χ0n) is 32.9. The molecule has 0 aromatic rings. The molecule has 1 amide bonds. The van der Waals surface area contributed by atoms with Crippen LogP contribution in [0.1, 0.15) is 201 Å². The number of unbranched alkanes of at least 4 members (excludes halogenated alkanes) is 16. The molecule has 4 aliphatic carbocycles. The van der Waals surface area contributed by atoms with Crippen molar-refractivity contribution in [3.63, 3.8) is 0 Å². The van der Waals surface area contributed by atoms with E-state index in [1.165, 1.54) is 96.3 Å². The average Bonchev–Trinajstić information content (AvgIpc) is 3.44. The quantitative estimate of drug-likeness (QED) is 0.0794. The maximum Gasteiger partial charge on any atom is 0.303 e. The normalized spacial score (nSPS) is 35.6. The summed E-state index contributed by atoms with van der Waals surface area (Å²) in [6.07, 6.45) is 30.1. The summed E-state index contributed by atoms with van der Waals surface area (Å²) in [6.45, 7) is 9.13. The number of aliphatic hydroxyl groups excluding tert-OH is 2. The predicted octanol–water partition coefficient (Wildman–Crippen LogP) is 10.6. The number of fused-ring (bicyclic) bond motifs is 5. The Balaban J connectivity index is 1.10. The van der Waals surface area contributed by atoms with Crippen molar-refractivity contribution in [3.05, 3.63) is 0 Å². The standard InChI is InChI=1S/C44H79NO5/c1-5-6-7-8-9-10-11-12-13-14-15-16-17-18-19-20-21-22-40(48)45-34-27-28-43(3)33(29-34)30-38(46)42-36-25-24-35(32(2)23-26-41(49)50)44(36,4)39(47)31-37(42)43/h32-39,42,46-47H,5-31H2,1-4H3,(H,45,48)(H,49,50)/t32-,33+,34?,35-,36+,37+,38-,39+,42+,43+,44-/m1/s1. The Hall–Kier alpha value is -1.14. The summed E-state index contributed by atoms with van der Waals surface area (Å²) in [6, 6.07) is 0.194. The number of nitrogens with one attached hydrogen (secondary N) is 1. The van der Waals surface area contributed by atoms with Gasteiger partial charge in [0, 0.05) is 18.9 Å². The van der Waals surface area contributed by atoms with Crippen molar-refractivity contribution in [2.45, 2.75) is 219 Å². The Morgan fingerprint density at radius 2 is 1.28 bits per heavy atom. The number of hydrogen-bond acceptors (Lipinski definition) is 4. The van der Waals surface area contributed by atoms with E-state index >= 15 is 0 Å². The lowest BCUT2D eigenvalue weighted by molar-refractivity contribution is -0.202. The molecule has 4 rings (SSSR count). The van der Waals surface area contributed by atoms with E-state index in [1.807, 2.05) is 0 Å². The SMILES string of the molecule is CCCCCCCCCCCCCCCCCCCC(=O)NC1CC[C@@]2(C)[C@@H](C1)C[C@@H](O)[C@@H]1[C@@H]2C[C@H](O)[C@]2(C)[C@@H]([C@H](C)CCC(=O)O)CC[C@@H]12. The minimum absolute atomic E-state index is 0.0774. The van der Waals surface area contributed by atoms with Crippen LogP contribution in [0, 0.1) is 46.3 Å². The molecule has 0 aliphatic heterocycles. The van der Waals surface area contributed by atoms with E-state index in [0.29, 0.717) is 30.6 Å². The van der Waals surface area contributed by atoms with E-state index in [9.17, 15) is 24.9 Å². The first-order chi connectivity index (χ1) is 24.0. The Kier molecular flexibility index (Phi) is 16.9. The van der Waals surface area contributed by atoms with E-state index in [1.54, 1.807) is 0 Å². The second-order valence-electron chi connectivity index (χ2n) is 18.5. The van der Waals surface area contributed by atoms with Crippen molar-refractivity contribution < 1.29 is 24.9 Å². The van der Waals surface area contributed by atoms with Gasteiger partial charge in [-0.25, -0.2) is 0 Å². The molecule has 11 atom stereocenters. The topological polar surface area (TPSA) is 107 Å². The molecular weight excluding hydrogens is 622 g/mol. The number of carbonyl (C=O) groups excluding carboxylic acids is 1. The molecule has 4 N–H and O–H groups in total. The number of carboxylic acid groups (broad SMARTS) is 1. The summed E-state index contributed by atoms with van der Waals surface area (Å²) in [5.41, 5.74) is -0.186. The molecule has 0 aromatic heterocycles. The molecule has 4 saturated carbocycles. The largest absolute Gasteiger partial charge is 0.481 e. The highest BCUT2D eigenvalue weighted by atomic mass is 16.4. The van der Waals surface area contributed by atoms with Crippen molar-refractivity contribution in [3.8, 4) is 0 Å². The molecule has 4 fully saturated rings. The number of hydrogen-bond donors (Lipinski definition) is 4. The van der Waals surface area contributed by atoms with Crippen molar-refractivity contribution in [2.24, 2.45) is 46.3 Å². The minimum Gasteiger partial charge on any atom is -0.481 e. The first kappa shape index (κ1) is 41.6. The van der Waals surface area contributed by atoms with Gasteiger partial charge in [0.1, 0.15) is 0 Å². The average molecular weight is 702 g/mol. The Morgan fingerprint density at radius 1 is 0.720 bits per heavy atom. The molecule has 0 bridgehead atoms. The number of amides is 1. The van der Waals surface area contributed by atoms with E-state index < -0.39 is 12.1 Å². The molecule has 0 saturated heterocycles. The lowest BCUT2D eigenvalue weighted by Gasteiger charge is -2.63. The maximum absolute atomic E-state index is 13.0. The summed E-state index contributed by atoms with van der Waals surface area (Å²) < 4.78 is 0. The van der Waals surface area contributed by atoms with Crippen LogP contribution in [0.15, 0.2) is 0 Å². The fourth-order valence-electron chi connectivity index (χ4n) is 12.1. The zero-order valence-corrected chi connectivity index (χ0v) is 32.9. The predicted molar refractivity (Wildman–Crippen MR) is 205 cm³/mol. The molecule has 0 heterocycles. The van der Waals surface area contributed by atoms with Crippen LogP contribution in [-0.4, -0.2) is 45.4 Å². The Morgan fingerprint density at radius 3 is 1.84 bits per heavy atom. The highest BCUT2D eigenvalue weighted by Gasteiger charge is 2.65. The van der Waals surface area contributed by atoms with Gasteiger partial charge in [-0.2, -0.15) is 0 Å². The van der Waals surface area contributed by atoms with Gasteiger partial charge in [-0.3, -0.25) is 9.59 Å². The van der Waals surface area contributed by atoms with Crippen LogP contribution in [0.25, 0.3) is 0 Å². The molecule has 0 aromatic carbocycles. The molecular formula is C44H79NO5. The highest BCUT2D eigenvalue weighted by molar-refractivity contribution is 5.76. The Labute approximate surface area is 307 Å². The molecule has 50 heavy (non-hydrogen) atoms. The van der Waals surface area contributed by atoms with Crippen LogP contribution < -0.4 is 5.32 Å². The number of aliphatic carboxylic acids is 1. The third-order valence-corrected chi connectivity index (χ3v) is 15.2. The van der Waals surface area contributed by atoms with Gasteiger partial charge >= 0.3 is 5.97 Å². The van der Waals surface area contributed by atoms with Crippen LogP contribution in [-0.2, 0) is 9.59 Å². The number of carbonyl (C=O) groups is 2. The van der Waals surface area contributed by atoms with Gasteiger partial charge in [-0.1, -0.05) is 130 Å². The third kappa shape index (κ3) is 10.7.